The van der Waals surface area contributed by atoms with Crippen LogP contribution in [-0.4, -0.2) is 59.9 Å². The van der Waals surface area contributed by atoms with Crippen molar-refractivity contribution in [2.45, 2.75) is 65.0 Å². The van der Waals surface area contributed by atoms with Crippen molar-refractivity contribution in [1.82, 2.24) is 20.4 Å². The summed E-state index contributed by atoms with van der Waals surface area (Å²) in [5.74, 6) is 0.00226. The van der Waals surface area contributed by atoms with Crippen LogP contribution in [0.3, 0.4) is 0 Å². The number of imide groups is 1. The standard InChI is InChI=1S/C25H38N4O3/c1-24(2,3)20-11-13-25(14-12-20)22(31)29(23(32)27-25)18-21(30)26-15-8-16-28(4)17-19-9-6-5-7-10-19/h5-7,9-10,20H,8,11-18H2,1-4H3,(H,26,30)(H,27,32). The number of hydrogen-bond donors (Lipinski definition) is 2. The van der Waals surface area contributed by atoms with Crippen molar-refractivity contribution in [3.8, 4) is 0 Å². The normalized spacial score (nSPS) is 23.7. The van der Waals surface area contributed by atoms with E-state index in [1.54, 1.807) is 0 Å². The molecule has 1 aromatic rings. The molecule has 1 spiro atoms. The Labute approximate surface area is 191 Å². The Balaban J connectivity index is 1.40. The van der Waals surface area contributed by atoms with Crippen LogP contribution in [-0.2, 0) is 16.1 Å². The number of nitrogens with one attached hydrogen (secondary N) is 2. The van der Waals surface area contributed by atoms with Crippen LogP contribution < -0.4 is 10.6 Å². The van der Waals surface area contributed by atoms with Crippen molar-refractivity contribution in [2.75, 3.05) is 26.7 Å². The maximum absolute atomic E-state index is 13.0. The summed E-state index contributed by atoms with van der Waals surface area (Å²) in [4.78, 5) is 41.2. The molecular formula is C25H38N4O3. The van der Waals surface area contributed by atoms with Gasteiger partial charge in [-0.3, -0.25) is 14.5 Å². The van der Waals surface area contributed by atoms with Gasteiger partial charge in [0, 0.05) is 13.1 Å². The summed E-state index contributed by atoms with van der Waals surface area (Å²) >= 11 is 0. The maximum atomic E-state index is 13.0. The number of rotatable bonds is 8. The second-order valence-electron chi connectivity index (χ2n) is 10.5. The van der Waals surface area contributed by atoms with Crippen molar-refractivity contribution >= 4 is 17.8 Å². The molecule has 2 N–H and O–H groups in total. The van der Waals surface area contributed by atoms with Crippen LogP contribution in [0.2, 0.25) is 0 Å². The SMILES string of the molecule is CN(CCCNC(=O)CN1C(=O)NC2(CCC(C(C)(C)C)CC2)C1=O)Cc1ccccc1. The highest BCUT2D eigenvalue weighted by Crippen LogP contribution is 2.43. The largest absolute Gasteiger partial charge is 0.354 e. The fourth-order valence-electron chi connectivity index (χ4n) is 4.89. The summed E-state index contributed by atoms with van der Waals surface area (Å²) < 4.78 is 0. The van der Waals surface area contributed by atoms with Gasteiger partial charge in [-0.25, -0.2) is 4.79 Å². The second-order valence-corrected chi connectivity index (χ2v) is 10.5. The first-order valence-corrected chi connectivity index (χ1v) is 11.7. The van der Waals surface area contributed by atoms with E-state index < -0.39 is 11.6 Å². The summed E-state index contributed by atoms with van der Waals surface area (Å²) in [5.41, 5.74) is 0.629. The van der Waals surface area contributed by atoms with Crippen molar-refractivity contribution in [3.05, 3.63) is 35.9 Å². The molecule has 1 aliphatic heterocycles. The first-order valence-electron chi connectivity index (χ1n) is 11.7. The third kappa shape index (κ3) is 5.88. The second kappa shape index (κ2) is 10.0. The minimum Gasteiger partial charge on any atom is -0.354 e. The zero-order valence-electron chi connectivity index (χ0n) is 19.9. The molecule has 1 aromatic carbocycles. The van der Waals surface area contributed by atoms with E-state index in [0.29, 0.717) is 25.3 Å². The van der Waals surface area contributed by atoms with Gasteiger partial charge >= 0.3 is 6.03 Å². The molecule has 4 amide bonds. The van der Waals surface area contributed by atoms with Crippen LogP contribution in [0.4, 0.5) is 4.79 Å². The highest BCUT2D eigenvalue weighted by atomic mass is 16.2. The van der Waals surface area contributed by atoms with Crippen molar-refractivity contribution < 1.29 is 14.4 Å². The minimum atomic E-state index is -0.820. The van der Waals surface area contributed by atoms with Crippen molar-refractivity contribution in [2.24, 2.45) is 11.3 Å². The Morgan fingerprint density at radius 1 is 1.19 bits per heavy atom. The fraction of sp³-hybridized carbons (Fsp3) is 0.640. The molecule has 1 saturated heterocycles. The Bertz CT molecular complexity index is 810. The molecule has 0 bridgehead atoms. The first kappa shape index (κ1) is 24.2. The lowest BCUT2D eigenvalue weighted by Crippen LogP contribution is -2.51. The Morgan fingerprint density at radius 3 is 2.47 bits per heavy atom. The number of carbonyl (C=O) groups is 3. The first-order chi connectivity index (χ1) is 15.1. The summed E-state index contributed by atoms with van der Waals surface area (Å²) in [6.45, 7) is 8.67. The van der Waals surface area contributed by atoms with Crippen molar-refractivity contribution in [3.63, 3.8) is 0 Å². The molecule has 1 saturated carbocycles. The van der Waals surface area contributed by atoms with Crippen LogP contribution in [0, 0.1) is 11.3 Å². The van der Waals surface area contributed by atoms with Gasteiger partial charge in [0.1, 0.15) is 12.1 Å². The molecule has 7 heteroatoms. The van der Waals surface area contributed by atoms with Crippen LogP contribution in [0.1, 0.15) is 58.4 Å². The van der Waals surface area contributed by atoms with Crippen LogP contribution in [0.15, 0.2) is 30.3 Å². The molecule has 2 fully saturated rings. The number of hydrogen-bond acceptors (Lipinski definition) is 4. The molecule has 0 atom stereocenters. The molecule has 0 aromatic heterocycles. The van der Waals surface area contributed by atoms with Gasteiger partial charge < -0.3 is 15.5 Å². The topological polar surface area (TPSA) is 81.8 Å². The van der Waals surface area contributed by atoms with Gasteiger partial charge in [-0.15, -0.1) is 0 Å². The van der Waals surface area contributed by atoms with E-state index in [1.165, 1.54) is 5.56 Å². The van der Waals surface area contributed by atoms with Gasteiger partial charge in [0.2, 0.25) is 5.91 Å². The van der Waals surface area contributed by atoms with Gasteiger partial charge in [-0.1, -0.05) is 51.1 Å². The zero-order valence-corrected chi connectivity index (χ0v) is 19.9. The maximum Gasteiger partial charge on any atom is 0.325 e. The van der Waals surface area contributed by atoms with E-state index in [0.717, 1.165) is 37.3 Å². The summed E-state index contributed by atoms with van der Waals surface area (Å²) in [5, 5.41) is 5.75. The van der Waals surface area contributed by atoms with E-state index in [-0.39, 0.29) is 23.8 Å². The molecule has 2 aliphatic rings. The third-order valence-electron chi connectivity index (χ3n) is 6.95. The monoisotopic (exact) mass is 442 g/mol. The van der Waals surface area contributed by atoms with Gasteiger partial charge in [0.15, 0.2) is 0 Å². The average molecular weight is 443 g/mol. The molecule has 0 radical (unpaired) electrons. The predicted molar refractivity (Wildman–Crippen MR) is 125 cm³/mol. The average Bonchev–Trinajstić information content (AvgIpc) is 2.95. The molecular weight excluding hydrogens is 404 g/mol. The lowest BCUT2D eigenvalue weighted by atomic mass is 9.67. The highest BCUT2D eigenvalue weighted by molar-refractivity contribution is 6.09. The van der Waals surface area contributed by atoms with Crippen LogP contribution in [0.5, 0.6) is 0 Å². The fourth-order valence-corrected chi connectivity index (χ4v) is 4.89. The molecule has 176 valence electrons. The molecule has 32 heavy (non-hydrogen) atoms. The Hall–Kier alpha value is -2.41. The molecule has 7 nitrogen and oxygen atoms in total. The lowest BCUT2D eigenvalue weighted by Gasteiger charge is -2.40. The number of carbonyl (C=O) groups excluding carboxylic acids is 3. The minimum absolute atomic E-state index is 0.196. The smallest absolute Gasteiger partial charge is 0.325 e. The predicted octanol–water partition coefficient (Wildman–Crippen LogP) is 3.15. The number of benzene rings is 1. The van der Waals surface area contributed by atoms with E-state index >= 15 is 0 Å². The molecule has 1 aliphatic carbocycles. The summed E-state index contributed by atoms with van der Waals surface area (Å²) in [6.07, 6.45) is 3.90. The summed E-state index contributed by atoms with van der Waals surface area (Å²) in [7, 11) is 2.05. The van der Waals surface area contributed by atoms with E-state index in [1.807, 2.05) is 18.2 Å². The number of amides is 4. The quantitative estimate of drug-likeness (QED) is 0.479. The van der Waals surface area contributed by atoms with Gasteiger partial charge in [0.05, 0.1) is 0 Å². The Morgan fingerprint density at radius 2 is 1.84 bits per heavy atom. The van der Waals surface area contributed by atoms with Crippen molar-refractivity contribution in [1.29, 1.82) is 0 Å². The number of nitrogens with zero attached hydrogens (tertiary/aromatic N) is 2. The zero-order chi connectivity index (χ0) is 23.4. The summed E-state index contributed by atoms with van der Waals surface area (Å²) in [6, 6.07) is 9.81. The van der Waals surface area contributed by atoms with E-state index in [9.17, 15) is 14.4 Å². The van der Waals surface area contributed by atoms with Gasteiger partial charge in [0.25, 0.3) is 5.91 Å². The molecule has 0 unspecified atom stereocenters. The third-order valence-corrected chi connectivity index (χ3v) is 6.95. The Kier molecular flexibility index (Phi) is 7.59. The molecule has 3 rings (SSSR count). The van der Waals surface area contributed by atoms with E-state index in [2.05, 4.69) is 55.5 Å². The van der Waals surface area contributed by atoms with Crippen LogP contribution in [0.25, 0.3) is 0 Å². The van der Waals surface area contributed by atoms with Gasteiger partial charge in [-0.2, -0.15) is 0 Å². The molecule has 1 heterocycles. The lowest BCUT2D eigenvalue weighted by molar-refractivity contribution is -0.136. The highest BCUT2D eigenvalue weighted by Gasteiger charge is 2.53. The number of urea groups is 1. The van der Waals surface area contributed by atoms with Crippen LogP contribution >= 0.6 is 0 Å². The van der Waals surface area contributed by atoms with Gasteiger partial charge in [-0.05, 0) is 62.6 Å². The van der Waals surface area contributed by atoms with E-state index in [4.69, 9.17) is 0 Å².